The van der Waals surface area contributed by atoms with Crippen molar-refractivity contribution in [1.82, 2.24) is 0 Å². The van der Waals surface area contributed by atoms with E-state index in [1.807, 2.05) is 0 Å². The second kappa shape index (κ2) is 7.88. The van der Waals surface area contributed by atoms with Gasteiger partial charge in [-0.05, 0) is 6.92 Å². The van der Waals surface area contributed by atoms with Crippen LogP contribution in [0, 0.1) is 0 Å². The minimum atomic E-state index is -4.67. The predicted octanol–water partition coefficient (Wildman–Crippen LogP) is -1.25. The van der Waals surface area contributed by atoms with Crippen molar-refractivity contribution in [3.05, 3.63) is 0 Å². The van der Waals surface area contributed by atoms with Crippen molar-refractivity contribution < 1.29 is 43.5 Å². The van der Waals surface area contributed by atoms with Crippen LogP contribution in [0.2, 0.25) is 0 Å². The molecule has 0 heterocycles. The molecule has 102 valence electrons. The number of rotatable bonds is 1. The molecule has 0 radical (unpaired) electrons. The summed E-state index contributed by atoms with van der Waals surface area (Å²) in [5.74, 6) is -0.201. The molecule has 10 nitrogen and oxygen atoms in total. The zero-order chi connectivity index (χ0) is 14.2. The second-order valence-electron chi connectivity index (χ2n) is 2.05. The Labute approximate surface area is 93.4 Å². The third-order valence-electron chi connectivity index (χ3n) is 0.365. The highest BCUT2D eigenvalue weighted by atomic mass is 32.3. The van der Waals surface area contributed by atoms with Crippen LogP contribution in [-0.4, -0.2) is 55.5 Å². The Morgan fingerprint density at radius 3 is 0.875 bits per heavy atom. The summed E-state index contributed by atoms with van der Waals surface area (Å²) in [6, 6.07) is 0. The fourth-order valence-corrected chi connectivity index (χ4v) is 0. The van der Waals surface area contributed by atoms with Gasteiger partial charge in [-0.2, -0.15) is 25.3 Å². The van der Waals surface area contributed by atoms with Crippen LogP contribution >= 0.6 is 0 Å². The Kier molecular flexibility index (Phi) is 10.4. The first-order valence-corrected chi connectivity index (χ1v) is 7.99. The van der Waals surface area contributed by atoms with Crippen molar-refractivity contribution in [3.63, 3.8) is 0 Å². The summed E-state index contributed by atoms with van der Waals surface area (Å²) in [6.45, 7) is 1.37. The van der Waals surface area contributed by atoms with Gasteiger partial charge in [0.15, 0.2) is 0 Å². The molecule has 0 amide bonds. The molecule has 0 aliphatic heterocycles. The molecule has 0 saturated heterocycles. The molecule has 0 rings (SSSR count). The normalized spacial score (nSPS) is 11.6. The van der Waals surface area contributed by atoms with E-state index in [-0.39, 0.29) is 5.75 Å². The topological polar surface area (TPSA) is 183 Å². The molecule has 0 unspecified atom stereocenters. The molecule has 0 aliphatic rings. The summed E-state index contributed by atoms with van der Waals surface area (Å²) < 4.78 is 84.4. The molecule has 4 N–H and O–H groups in total. The molecule has 0 bridgehead atoms. The smallest absolute Gasteiger partial charge is 0.286 e. The van der Waals surface area contributed by atoms with E-state index in [0.29, 0.717) is 6.26 Å². The van der Waals surface area contributed by atoms with Gasteiger partial charge >= 0.3 is 10.4 Å². The summed E-state index contributed by atoms with van der Waals surface area (Å²) in [5, 5.41) is 0. The largest absolute Gasteiger partial charge is 0.394 e. The van der Waals surface area contributed by atoms with Crippen molar-refractivity contribution in [3.8, 4) is 0 Å². The Bertz CT molecular complexity index is 405. The van der Waals surface area contributed by atoms with E-state index in [4.69, 9.17) is 26.6 Å². The van der Waals surface area contributed by atoms with E-state index in [2.05, 4.69) is 0 Å². The molecular weight excluding hydrogens is 292 g/mol. The first-order valence-electron chi connectivity index (χ1n) is 3.13. The lowest BCUT2D eigenvalue weighted by Crippen LogP contribution is -1.97. The highest BCUT2D eigenvalue weighted by molar-refractivity contribution is 7.85. The fourth-order valence-electron chi connectivity index (χ4n) is 0. The van der Waals surface area contributed by atoms with Crippen LogP contribution in [0.5, 0.6) is 0 Å². The van der Waals surface area contributed by atoms with Gasteiger partial charge in [-0.25, -0.2) is 0 Å². The van der Waals surface area contributed by atoms with Crippen molar-refractivity contribution in [2.75, 3.05) is 12.0 Å². The molecule has 16 heavy (non-hydrogen) atoms. The van der Waals surface area contributed by atoms with Crippen LogP contribution in [0.3, 0.4) is 0 Å². The number of hydrogen-bond acceptors (Lipinski definition) is 6. The lowest BCUT2D eigenvalue weighted by molar-refractivity contribution is 0.380. The van der Waals surface area contributed by atoms with Gasteiger partial charge in [0, 0.05) is 0 Å². The minimum Gasteiger partial charge on any atom is -0.286 e. The molecule has 13 heteroatoms. The zero-order valence-electron chi connectivity index (χ0n) is 8.17. The maximum absolute atomic E-state index is 9.56. The third kappa shape index (κ3) is 305. The van der Waals surface area contributed by atoms with Crippen LogP contribution in [0.4, 0.5) is 0 Å². The molecule has 0 fully saturated rings. The van der Waals surface area contributed by atoms with E-state index < -0.39 is 30.6 Å². The zero-order valence-corrected chi connectivity index (χ0v) is 10.6. The Balaban J connectivity index is -0.000000160. The summed E-state index contributed by atoms with van der Waals surface area (Å²) in [5.41, 5.74) is 0. The van der Waals surface area contributed by atoms with Crippen LogP contribution in [0.25, 0.3) is 0 Å². The Morgan fingerprint density at radius 1 is 0.812 bits per heavy atom. The van der Waals surface area contributed by atoms with Crippen LogP contribution < -0.4 is 0 Å². The Morgan fingerprint density at radius 2 is 0.875 bits per heavy atom. The molecule has 0 aromatic rings. The van der Waals surface area contributed by atoms with E-state index >= 15 is 0 Å². The lowest BCUT2D eigenvalue weighted by Gasteiger charge is -1.79. The summed E-state index contributed by atoms with van der Waals surface area (Å²) in [4.78, 5) is 0. The highest BCUT2D eigenvalue weighted by Crippen LogP contribution is 1.74. The van der Waals surface area contributed by atoms with Gasteiger partial charge in [-0.3, -0.25) is 18.2 Å². The molecule has 0 aliphatic carbocycles. The second-order valence-corrected chi connectivity index (χ2v) is 6.15. The SMILES string of the molecule is CCS(=O)(=O)O.CS(=O)(=O)O.O=S(=O)(O)O. The maximum atomic E-state index is 9.56. The molecule has 0 saturated carbocycles. The Hall–Kier alpha value is -0.310. The summed E-state index contributed by atoms with van der Waals surface area (Å²) in [7, 11) is -12.0. The van der Waals surface area contributed by atoms with Crippen LogP contribution in [-0.2, 0) is 30.6 Å². The first kappa shape index (κ1) is 21.0. The minimum absolute atomic E-state index is 0.201. The fraction of sp³-hybridized carbons (Fsp3) is 1.00. The molecular formula is C3H12O10S3. The van der Waals surface area contributed by atoms with Crippen molar-refractivity contribution in [1.29, 1.82) is 0 Å². The van der Waals surface area contributed by atoms with Crippen LogP contribution in [0.15, 0.2) is 0 Å². The average Bonchev–Trinajstić information content (AvgIpc) is 1.77. The number of hydrogen-bond donors (Lipinski definition) is 4. The van der Waals surface area contributed by atoms with E-state index in [1.54, 1.807) is 0 Å². The maximum Gasteiger partial charge on any atom is 0.394 e. The highest BCUT2D eigenvalue weighted by Gasteiger charge is 1.93. The van der Waals surface area contributed by atoms with Gasteiger partial charge in [-0.1, -0.05) is 0 Å². The summed E-state index contributed by atoms with van der Waals surface area (Å²) in [6.07, 6.45) is 0.715. The molecule has 0 spiro atoms. The quantitative estimate of drug-likeness (QED) is 0.426. The monoisotopic (exact) mass is 304 g/mol. The van der Waals surface area contributed by atoms with Gasteiger partial charge in [-0.15, -0.1) is 0 Å². The van der Waals surface area contributed by atoms with Gasteiger partial charge in [0.05, 0.1) is 12.0 Å². The van der Waals surface area contributed by atoms with Gasteiger partial charge < -0.3 is 0 Å². The third-order valence-corrected chi connectivity index (χ3v) is 1.09. The van der Waals surface area contributed by atoms with E-state index in [0.717, 1.165) is 0 Å². The van der Waals surface area contributed by atoms with E-state index in [1.165, 1.54) is 6.92 Å². The predicted molar refractivity (Wildman–Crippen MR) is 53.7 cm³/mol. The molecule has 0 atom stereocenters. The van der Waals surface area contributed by atoms with E-state index in [9.17, 15) is 16.8 Å². The first-order chi connectivity index (χ1) is 6.56. The van der Waals surface area contributed by atoms with Crippen LogP contribution in [0.1, 0.15) is 6.92 Å². The van der Waals surface area contributed by atoms with Gasteiger partial charge in [0.2, 0.25) is 0 Å². The summed E-state index contributed by atoms with van der Waals surface area (Å²) >= 11 is 0. The molecule has 0 aromatic carbocycles. The van der Waals surface area contributed by atoms with Gasteiger partial charge in [0.1, 0.15) is 0 Å². The average molecular weight is 304 g/mol. The van der Waals surface area contributed by atoms with Crippen molar-refractivity contribution in [2.24, 2.45) is 0 Å². The lowest BCUT2D eigenvalue weighted by atomic mass is 11.0. The standard InChI is InChI=1S/C2H6O3S.CH4O3S.H2O4S/c1-2-6(3,4)5;2*1-5(2,3)4/h2H2,1H3,(H,3,4,5);1H3,(H,2,3,4);(H2,1,2,3,4). The van der Waals surface area contributed by atoms with Crippen molar-refractivity contribution >= 4 is 30.6 Å². The van der Waals surface area contributed by atoms with Crippen molar-refractivity contribution in [2.45, 2.75) is 6.92 Å². The van der Waals surface area contributed by atoms with Gasteiger partial charge in [0.25, 0.3) is 20.2 Å². The molecule has 0 aromatic heterocycles.